The van der Waals surface area contributed by atoms with Crippen LogP contribution in [0, 0.1) is 6.92 Å². The summed E-state index contributed by atoms with van der Waals surface area (Å²) in [5.74, 6) is 0.782. The molecule has 3 aromatic carbocycles. The minimum absolute atomic E-state index is 0.687. The Kier molecular flexibility index (Phi) is 4.56. The number of H-pyrrole nitrogens is 1. The van der Waals surface area contributed by atoms with Gasteiger partial charge in [-0.1, -0.05) is 54.6 Å². The van der Waals surface area contributed by atoms with Crippen molar-refractivity contribution in [3.63, 3.8) is 0 Å². The number of fused-ring (bicyclic) bond motifs is 3. The van der Waals surface area contributed by atoms with E-state index < -0.39 is 0 Å². The van der Waals surface area contributed by atoms with Crippen molar-refractivity contribution < 1.29 is 0 Å². The van der Waals surface area contributed by atoms with Crippen molar-refractivity contribution in [2.24, 2.45) is 0 Å². The Labute approximate surface area is 173 Å². The second-order valence-corrected chi connectivity index (χ2v) is 8.04. The third kappa shape index (κ3) is 3.09. The first-order valence-corrected chi connectivity index (χ1v) is 10.8. The number of thioether (sulfide) groups is 1. The van der Waals surface area contributed by atoms with Gasteiger partial charge in [0.1, 0.15) is 0 Å². The highest BCUT2D eigenvalue weighted by Crippen LogP contribution is 2.40. The summed E-state index contributed by atoms with van der Waals surface area (Å²) in [6.45, 7) is 3.04. The maximum atomic E-state index is 4.10. The van der Waals surface area contributed by atoms with Crippen LogP contribution in [0.4, 0.5) is 0 Å². The van der Waals surface area contributed by atoms with Crippen LogP contribution in [0.5, 0.6) is 0 Å². The van der Waals surface area contributed by atoms with Gasteiger partial charge in [0.2, 0.25) is 0 Å². The number of rotatable bonds is 5. The van der Waals surface area contributed by atoms with Gasteiger partial charge in [0.25, 0.3) is 0 Å². The Morgan fingerprint density at radius 3 is 2.59 bits per heavy atom. The van der Waals surface area contributed by atoms with E-state index in [2.05, 4.69) is 99.0 Å². The Bertz CT molecular complexity index is 1290. The third-order valence-corrected chi connectivity index (χ3v) is 6.26. The SMILES string of the molecule is CSc1c(Cc2nnn[nH]2)cc(C)c2c3ccccc3n(Cc3ccccc3)c12. The number of tetrazole rings is 1. The van der Waals surface area contributed by atoms with Crippen LogP contribution >= 0.6 is 11.8 Å². The molecule has 0 saturated heterocycles. The molecule has 0 amide bonds. The largest absolute Gasteiger partial charge is 0.335 e. The molecule has 1 N–H and O–H groups in total. The molecule has 29 heavy (non-hydrogen) atoms. The summed E-state index contributed by atoms with van der Waals surface area (Å²) in [4.78, 5) is 1.29. The number of hydrogen-bond donors (Lipinski definition) is 1. The van der Waals surface area contributed by atoms with Gasteiger partial charge in [-0.15, -0.1) is 16.9 Å². The molecule has 0 unspecified atom stereocenters. The first kappa shape index (κ1) is 17.9. The minimum Gasteiger partial charge on any atom is -0.335 e. The normalized spacial score (nSPS) is 11.5. The summed E-state index contributed by atoms with van der Waals surface area (Å²) >= 11 is 1.79. The number of benzene rings is 3. The van der Waals surface area contributed by atoms with E-state index in [-0.39, 0.29) is 0 Å². The molecule has 0 aliphatic carbocycles. The number of aromatic amines is 1. The Morgan fingerprint density at radius 1 is 1.03 bits per heavy atom. The van der Waals surface area contributed by atoms with Crippen molar-refractivity contribution in [3.8, 4) is 0 Å². The average Bonchev–Trinajstić information content (AvgIpc) is 3.36. The molecule has 144 valence electrons. The van der Waals surface area contributed by atoms with Gasteiger partial charge in [-0.3, -0.25) is 0 Å². The number of aromatic nitrogens is 5. The molecule has 0 saturated carbocycles. The summed E-state index contributed by atoms with van der Waals surface area (Å²) in [5, 5.41) is 17.1. The Morgan fingerprint density at radius 2 is 1.83 bits per heavy atom. The fourth-order valence-electron chi connectivity index (χ4n) is 4.21. The molecule has 0 spiro atoms. The lowest BCUT2D eigenvalue weighted by atomic mass is 10.0. The van der Waals surface area contributed by atoms with Crippen LogP contribution in [-0.2, 0) is 13.0 Å². The predicted molar refractivity (Wildman–Crippen MR) is 118 cm³/mol. The minimum atomic E-state index is 0.687. The van der Waals surface area contributed by atoms with E-state index >= 15 is 0 Å². The summed E-state index contributed by atoms with van der Waals surface area (Å²) in [7, 11) is 0. The lowest BCUT2D eigenvalue weighted by Gasteiger charge is -2.14. The maximum Gasteiger partial charge on any atom is 0.152 e. The summed E-state index contributed by atoms with van der Waals surface area (Å²) in [5.41, 5.74) is 6.39. The first-order chi connectivity index (χ1) is 14.3. The zero-order valence-electron chi connectivity index (χ0n) is 16.4. The van der Waals surface area contributed by atoms with Crippen molar-refractivity contribution in [1.82, 2.24) is 25.2 Å². The van der Waals surface area contributed by atoms with E-state index in [0.717, 1.165) is 12.4 Å². The quantitative estimate of drug-likeness (QED) is 0.424. The van der Waals surface area contributed by atoms with E-state index in [0.29, 0.717) is 6.42 Å². The van der Waals surface area contributed by atoms with Crippen molar-refractivity contribution >= 4 is 33.6 Å². The zero-order valence-corrected chi connectivity index (χ0v) is 17.2. The van der Waals surface area contributed by atoms with Gasteiger partial charge in [0, 0.05) is 34.2 Å². The molecule has 5 nitrogen and oxygen atoms in total. The predicted octanol–water partition coefficient (Wildman–Crippen LogP) is 4.98. The number of hydrogen-bond acceptors (Lipinski definition) is 4. The van der Waals surface area contributed by atoms with Crippen molar-refractivity contribution in [3.05, 3.63) is 83.2 Å². The summed E-state index contributed by atoms with van der Waals surface area (Å²) in [6, 6.07) is 21.6. The van der Waals surface area contributed by atoms with E-state index in [4.69, 9.17) is 0 Å². The molecule has 2 heterocycles. The van der Waals surface area contributed by atoms with E-state index in [1.807, 2.05) is 0 Å². The van der Waals surface area contributed by atoms with Gasteiger partial charge < -0.3 is 4.57 Å². The van der Waals surface area contributed by atoms with Crippen LogP contribution in [0.2, 0.25) is 0 Å². The molecular weight excluding hydrogens is 378 g/mol. The van der Waals surface area contributed by atoms with Crippen molar-refractivity contribution in [2.75, 3.05) is 6.26 Å². The highest BCUT2D eigenvalue weighted by atomic mass is 32.2. The van der Waals surface area contributed by atoms with Crippen LogP contribution in [0.1, 0.15) is 22.5 Å². The first-order valence-electron chi connectivity index (χ1n) is 9.60. The Balaban J connectivity index is 1.81. The zero-order chi connectivity index (χ0) is 19.8. The molecule has 2 aromatic heterocycles. The van der Waals surface area contributed by atoms with Crippen LogP contribution < -0.4 is 0 Å². The van der Waals surface area contributed by atoms with Crippen LogP contribution in [0.25, 0.3) is 21.8 Å². The summed E-state index contributed by atoms with van der Waals surface area (Å²) < 4.78 is 2.46. The molecule has 0 bridgehead atoms. The third-order valence-electron chi connectivity index (χ3n) is 5.40. The molecular formula is C23H21N5S. The lowest BCUT2D eigenvalue weighted by molar-refractivity contribution is 0.857. The fourth-order valence-corrected chi connectivity index (χ4v) is 5.01. The number of nitrogens with one attached hydrogen (secondary N) is 1. The highest BCUT2D eigenvalue weighted by Gasteiger charge is 2.19. The highest BCUT2D eigenvalue weighted by molar-refractivity contribution is 7.98. The molecule has 5 rings (SSSR count). The molecule has 0 radical (unpaired) electrons. The van der Waals surface area contributed by atoms with Gasteiger partial charge in [-0.05, 0) is 46.4 Å². The van der Waals surface area contributed by atoms with E-state index in [9.17, 15) is 0 Å². The van der Waals surface area contributed by atoms with Crippen molar-refractivity contribution in [1.29, 1.82) is 0 Å². The number of aryl methyl sites for hydroxylation is 1. The van der Waals surface area contributed by atoms with E-state index in [1.165, 1.54) is 43.4 Å². The maximum absolute atomic E-state index is 4.10. The van der Waals surface area contributed by atoms with Crippen LogP contribution in [0.15, 0.2) is 65.6 Å². The second-order valence-electron chi connectivity index (χ2n) is 7.22. The average molecular weight is 400 g/mol. The van der Waals surface area contributed by atoms with Gasteiger partial charge in [-0.25, -0.2) is 5.10 Å². The topological polar surface area (TPSA) is 59.4 Å². The second kappa shape index (κ2) is 7.37. The molecule has 0 fully saturated rings. The molecule has 6 heteroatoms. The number of para-hydroxylation sites is 1. The van der Waals surface area contributed by atoms with Gasteiger partial charge in [0.15, 0.2) is 5.82 Å². The standard InChI is InChI=1S/C23H21N5S/c1-15-12-17(13-20-24-26-27-25-20)23(29-2)22-21(15)18-10-6-7-11-19(18)28(22)14-16-8-4-3-5-9-16/h3-12H,13-14H2,1-2H3,(H,24,25,26,27). The Hall–Kier alpha value is -3.12. The smallest absolute Gasteiger partial charge is 0.152 e. The lowest BCUT2D eigenvalue weighted by Crippen LogP contribution is -2.02. The van der Waals surface area contributed by atoms with Gasteiger partial charge >= 0.3 is 0 Å². The van der Waals surface area contributed by atoms with Crippen molar-refractivity contribution in [2.45, 2.75) is 24.8 Å². The molecule has 0 atom stereocenters. The number of nitrogens with zero attached hydrogens (tertiary/aromatic N) is 4. The molecule has 0 aliphatic heterocycles. The van der Waals surface area contributed by atoms with Gasteiger partial charge in [-0.2, -0.15) is 0 Å². The molecule has 0 aliphatic rings. The molecule has 5 aromatic rings. The monoisotopic (exact) mass is 399 g/mol. The van der Waals surface area contributed by atoms with Crippen LogP contribution in [0.3, 0.4) is 0 Å². The van der Waals surface area contributed by atoms with E-state index in [1.54, 1.807) is 11.8 Å². The fraction of sp³-hybridized carbons (Fsp3) is 0.174. The van der Waals surface area contributed by atoms with Crippen LogP contribution in [-0.4, -0.2) is 31.4 Å². The van der Waals surface area contributed by atoms with Gasteiger partial charge in [0.05, 0.1) is 5.52 Å². The summed E-state index contributed by atoms with van der Waals surface area (Å²) in [6.07, 6.45) is 2.84.